The fourth-order valence-corrected chi connectivity index (χ4v) is 1.94. The van der Waals surface area contributed by atoms with Crippen molar-refractivity contribution in [2.24, 2.45) is 0 Å². The van der Waals surface area contributed by atoms with E-state index in [1.807, 2.05) is 6.92 Å². The van der Waals surface area contributed by atoms with Gasteiger partial charge in [-0.05, 0) is 14.0 Å². The molecule has 1 saturated heterocycles. The fraction of sp³-hybridized carbons (Fsp3) is 0.636. The van der Waals surface area contributed by atoms with E-state index in [0.717, 1.165) is 37.6 Å². The Kier molecular flexibility index (Phi) is 4.15. The van der Waals surface area contributed by atoms with Gasteiger partial charge >= 0.3 is 0 Å². The van der Waals surface area contributed by atoms with Crippen LogP contribution in [-0.4, -0.2) is 54.3 Å². The Bertz CT molecular complexity index is 388. The van der Waals surface area contributed by atoms with Crippen LogP contribution in [0.15, 0.2) is 6.33 Å². The monoisotopic (exact) mass is 256 g/mol. The van der Waals surface area contributed by atoms with Crippen LogP contribution in [0, 0.1) is 6.92 Å². The van der Waals surface area contributed by atoms with Crippen LogP contribution in [0.5, 0.6) is 0 Å². The molecule has 0 radical (unpaired) electrons. The molecule has 0 spiro atoms. The first kappa shape index (κ1) is 12.5. The lowest BCUT2D eigenvalue weighted by molar-refractivity contribution is -0.0117. The largest absolute Gasteiger partial charge is 0.374 e. The second-order valence-corrected chi connectivity index (χ2v) is 4.63. The predicted octanol–water partition coefficient (Wildman–Crippen LogP) is 1.18. The Hall–Kier alpha value is -0.910. The number of nitrogens with one attached hydrogen (secondary N) is 1. The van der Waals surface area contributed by atoms with Crippen LogP contribution >= 0.6 is 11.6 Å². The quantitative estimate of drug-likeness (QED) is 0.823. The van der Waals surface area contributed by atoms with Gasteiger partial charge in [-0.1, -0.05) is 11.6 Å². The van der Waals surface area contributed by atoms with Crippen LogP contribution in [0.25, 0.3) is 0 Å². The Balaban J connectivity index is 1.91. The first-order valence-electron chi connectivity index (χ1n) is 5.68. The van der Waals surface area contributed by atoms with Crippen LogP contribution in [0.1, 0.15) is 5.56 Å². The molecule has 5 nitrogen and oxygen atoms in total. The topological polar surface area (TPSA) is 50.3 Å². The Morgan fingerprint density at radius 2 is 2.41 bits per heavy atom. The normalized spacial score (nSPS) is 21.5. The summed E-state index contributed by atoms with van der Waals surface area (Å²) in [6, 6.07) is 0. The second-order valence-electron chi connectivity index (χ2n) is 4.27. The summed E-state index contributed by atoms with van der Waals surface area (Å²) >= 11 is 5.93. The molecule has 6 heteroatoms. The molecule has 1 fully saturated rings. The maximum Gasteiger partial charge on any atom is 0.137 e. The Morgan fingerprint density at radius 1 is 1.59 bits per heavy atom. The summed E-state index contributed by atoms with van der Waals surface area (Å²) in [4.78, 5) is 10.3. The molecule has 1 aromatic rings. The van der Waals surface area contributed by atoms with Gasteiger partial charge < -0.3 is 15.0 Å². The van der Waals surface area contributed by atoms with E-state index < -0.39 is 0 Å². The van der Waals surface area contributed by atoms with Gasteiger partial charge in [0.05, 0.1) is 12.7 Å². The van der Waals surface area contributed by atoms with Crippen molar-refractivity contribution >= 4 is 17.4 Å². The zero-order chi connectivity index (χ0) is 12.3. The highest BCUT2D eigenvalue weighted by atomic mass is 35.5. The molecule has 1 atom stereocenters. The van der Waals surface area contributed by atoms with Crippen molar-refractivity contribution in [2.45, 2.75) is 13.0 Å². The summed E-state index contributed by atoms with van der Waals surface area (Å²) in [5.74, 6) is 0.779. The summed E-state index contributed by atoms with van der Waals surface area (Å²) in [5.41, 5.74) is 0.873. The maximum atomic E-state index is 5.93. The van der Waals surface area contributed by atoms with E-state index in [0.29, 0.717) is 5.15 Å². The average Bonchev–Trinajstić information content (AvgIpc) is 2.31. The highest BCUT2D eigenvalue weighted by Gasteiger charge is 2.17. The van der Waals surface area contributed by atoms with Crippen molar-refractivity contribution in [1.29, 1.82) is 0 Å². The van der Waals surface area contributed by atoms with E-state index in [2.05, 4.69) is 27.2 Å². The highest BCUT2D eigenvalue weighted by molar-refractivity contribution is 6.30. The van der Waals surface area contributed by atoms with Gasteiger partial charge in [0.15, 0.2) is 0 Å². The van der Waals surface area contributed by atoms with E-state index in [1.165, 1.54) is 6.33 Å². The molecule has 1 aliphatic rings. The Morgan fingerprint density at radius 3 is 3.18 bits per heavy atom. The molecule has 1 unspecified atom stereocenters. The molecule has 2 heterocycles. The number of nitrogens with zero attached hydrogens (tertiary/aromatic N) is 3. The van der Waals surface area contributed by atoms with E-state index in [-0.39, 0.29) is 6.10 Å². The van der Waals surface area contributed by atoms with Gasteiger partial charge in [-0.3, -0.25) is 0 Å². The number of anilines is 1. The third-order valence-electron chi connectivity index (χ3n) is 2.86. The summed E-state index contributed by atoms with van der Waals surface area (Å²) in [7, 11) is 2.10. The summed E-state index contributed by atoms with van der Waals surface area (Å²) in [6.07, 6.45) is 1.66. The minimum atomic E-state index is 0.196. The molecule has 1 aromatic heterocycles. The van der Waals surface area contributed by atoms with Crippen LogP contribution in [0.3, 0.4) is 0 Å². The number of morpholine rings is 1. The predicted molar refractivity (Wildman–Crippen MR) is 67.5 cm³/mol. The van der Waals surface area contributed by atoms with Crippen molar-refractivity contribution in [3.05, 3.63) is 17.0 Å². The van der Waals surface area contributed by atoms with Crippen molar-refractivity contribution < 1.29 is 4.74 Å². The molecule has 17 heavy (non-hydrogen) atoms. The molecular weight excluding hydrogens is 240 g/mol. The number of hydrogen-bond donors (Lipinski definition) is 1. The lowest BCUT2D eigenvalue weighted by Gasteiger charge is -2.30. The van der Waals surface area contributed by atoms with E-state index >= 15 is 0 Å². The van der Waals surface area contributed by atoms with Crippen molar-refractivity contribution in [2.75, 3.05) is 38.6 Å². The maximum absolute atomic E-state index is 5.93. The summed E-state index contributed by atoms with van der Waals surface area (Å²) in [6.45, 7) is 5.35. The third-order valence-corrected chi connectivity index (χ3v) is 3.24. The summed E-state index contributed by atoms with van der Waals surface area (Å²) < 4.78 is 5.66. The highest BCUT2D eigenvalue weighted by Crippen LogP contribution is 2.18. The van der Waals surface area contributed by atoms with Gasteiger partial charge in [0.2, 0.25) is 0 Å². The zero-order valence-corrected chi connectivity index (χ0v) is 10.9. The van der Waals surface area contributed by atoms with Crippen LogP contribution in [-0.2, 0) is 4.74 Å². The SMILES string of the molecule is Cc1c(Cl)ncnc1NCC1CN(C)CCO1. The van der Waals surface area contributed by atoms with Crippen molar-refractivity contribution in [3.8, 4) is 0 Å². The Labute approximate surface area is 106 Å². The molecule has 0 aliphatic carbocycles. The van der Waals surface area contributed by atoms with Crippen LogP contribution in [0.2, 0.25) is 5.15 Å². The lowest BCUT2D eigenvalue weighted by Crippen LogP contribution is -2.43. The van der Waals surface area contributed by atoms with E-state index in [1.54, 1.807) is 0 Å². The summed E-state index contributed by atoms with van der Waals surface area (Å²) in [5, 5.41) is 3.75. The number of ether oxygens (including phenoxy) is 1. The zero-order valence-electron chi connectivity index (χ0n) is 10.1. The first-order valence-corrected chi connectivity index (χ1v) is 6.05. The molecular formula is C11H17ClN4O. The van der Waals surface area contributed by atoms with Crippen molar-refractivity contribution in [1.82, 2.24) is 14.9 Å². The van der Waals surface area contributed by atoms with Gasteiger partial charge in [0.1, 0.15) is 17.3 Å². The number of likely N-dealkylation sites (N-methyl/N-ethyl adjacent to an activating group) is 1. The van der Waals surface area contributed by atoms with Gasteiger partial charge in [0, 0.05) is 25.2 Å². The molecule has 1 aliphatic heterocycles. The number of rotatable bonds is 3. The molecule has 0 bridgehead atoms. The van der Waals surface area contributed by atoms with Crippen LogP contribution < -0.4 is 5.32 Å². The lowest BCUT2D eigenvalue weighted by atomic mass is 10.2. The van der Waals surface area contributed by atoms with Gasteiger partial charge in [-0.2, -0.15) is 0 Å². The average molecular weight is 257 g/mol. The third kappa shape index (κ3) is 3.28. The fourth-order valence-electron chi connectivity index (χ4n) is 1.81. The number of hydrogen-bond acceptors (Lipinski definition) is 5. The van der Waals surface area contributed by atoms with Crippen molar-refractivity contribution in [3.63, 3.8) is 0 Å². The van der Waals surface area contributed by atoms with E-state index in [4.69, 9.17) is 16.3 Å². The smallest absolute Gasteiger partial charge is 0.137 e. The number of aromatic nitrogens is 2. The molecule has 0 aromatic carbocycles. The molecule has 0 amide bonds. The standard InChI is InChI=1S/C11H17ClN4O/c1-8-10(12)14-7-15-11(8)13-5-9-6-16(2)3-4-17-9/h7,9H,3-6H2,1-2H3,(H,13,14,15). The van der Waals surface area contributed by atoms with Gasteiger partial charge in [-0.25, -0.2) is 9.97 Å². The van der Waals surface area contributed by atoms with Gasteiger partial charge in [-0.15, -0.1) is 0 Å². The van der Waals surface area contributed by atoms with E-state index in [9.17, 15) is 0 Å². The molecule has 0 saturated carbocycles. The van der Waals surface area contributed by atoms with Gasteiger partial charge in [0.25, 0.3) is 0 Å². The minimum absolute atomic E-state index is 0.196. The van der Waals surface area contributed by atoms with Crippen LogP contribution in [0.4, 0.5) is 5.82 Å². The molecule has 2 rings (SSSR count). The minimum Gasteiger partial charge on any atom is -0.374 e. The first-order chi connectivity index (χ1) is 8.16. The molecule has 1 N–H and O–H groups in total. The second kappa shape index (κ2) is 5.62. The number of halogens is 1. The molecule has 94 valence electrons.